The fourth-order valence-electron chi connectivity index (χ4n) is 2.52. The molecular weight excluding hydrogens is 325 g/mol. The Morgan fingerprint density at radius 3 is 2.19 bits per heavy atom. The van der Waals surface area contributed by atoms with Gasteiger partial charge in [-0.25, -0.2) is 4.39 Å². The van der Waals surface area contributed by atoms with Gasteiger partial charge in [-0.2, -0.15) is 0 Å². The highest BCUT2D eigenvalue weighted by molar-refractivity contribution is 5.79. The summed E-state index contributed by atoms with van der Waals surface area (Å²) in [5, 5.41) is 2.77. The minimum absolute atomic E-state index is 0.0779. The van der Waals surface area contributed by atoms with Crippen molar-refractivity contribution < 1.29 is 9.18 Å². The fraction of sp³-hybridized carbons (Fsp3) is 0.0870. The largest absolute Gasteiger partial charge is 0.345 e. The van der Waals surface area contributed by atoms with E-state index in [1.165, 1.54) is 12.1 Å². The summed E-state index contributed by atoms with van der Waals surface area (Å²) in [6, 6.07) is 24.0. The molecule has 0 aliphatic carbocycles. The molecule has 0 aromatic heterocycles. The van der Waals surface area contributed by atoms with Crippen LogP contribution in [0.1, 0.15) is 11.1 Å². The molecule has 0 aliphatic heterocycles. The Kier molecular flexibility index (Phi) is 5.80. The number of hydrogen-bond donors (Lipinski definition) is 1. The summed E-state index contributed by atoms with van der Waals surface area (Å²) in [6.45, 7) is 0.262. The highest BCUT2D eigenvalue weighted by Gasteiger charge is 2.03. The van der Waals surface area contributed by atoms with Crippen LogP contribution in [0.4, 0.5) is 4.39 Å². The zero-order chi connectivity index (χ0) is 18.2. The maximum atomic E-state index is 12.8. The topological polar surface area (TPSA) is 29.1 Å². The number of halogens is 1. The third kappa shape index (κ3) is 5.06. The number of carbonyl (C=O) groups is 1. The minimum Gasteiger partial charge on any atom is -0.345 e. The van der Waals surface area contributed by atoms with Crippen molar-refractivity contribution in [2.45, 2.75) is 6.42 Å². The van der Waals surface area contributed by atoms with E-state index in [2.05, 4.69) is 29.3 Å². The van der Waals surface area contributed by atoms with Crippen molar-refractivity contribution in [1.29, 1.82) is 0 Å². The van der Waals surface area contributed by atoms with Gasteiger partial charge in [0.05, 0.1) is 13.0 Å². The van der Waals surface area contributed by atoms with Crippen molar-refractivity contribution in [3.05, 3.63) is 95.8 Å². The second-order valence-electron chi connectivity index (χ2n) is 5.83. The second-order valence-corrected chi connectivity index (χ2v) is 5.83. The summed E-state index contributed by atoms with van der Waals surface area (Å²) in [7, 11) is 0. The predicted octanol–water partition coefficient (Wildman–Crippen LogP) is 4.20. The molecule has 0 radical (unpaired) electrons. The SMILES string of the molecule is O=C(Cc1ccc(-c2ccccc2)cc1)NCC#Cc1ccc(F)cc1. The van der Waals surface area contributed by atoms with Crippen LogP contribution in [-0.4, -0.2) is 12.5 Å². The van der Waals surface area contributed by atoms with Crippen LogP contribution in [0.5, 0.6) is 0 Å². The molecular formula is C23H18FNO. The standard InChI is InChI=1S/C23H18FNO/c24-22-14-10-18(11-15-22)5-4-16-25-23(26)17-19-8-12-21(13-9-19)20-6-2-1-3-7-20/h1-3,6-15H,16-17H2,(H,25,26). The molecule has 0 aliphatic rings. The van der Waals surface area contributed by atoms with Gasteiger partial charge in [0.25, 0.3) is 0 Å². The second kappa shape index (κ2) is 8.64. The van der Waals surface area contributed by atoms with Crippen LogP contribution in [0.15, 0.2) is 78.9 Å². The predicted molar refractivity (Wildman–Crippen MR) is 102 cm³/mol. The molecule has 2 nitrogen and oxygen atoms in total. The van der Waals surface area contributed by atoms with Gasteiger partial charge in [-0.1, -0.05) is 66.4 Å². The molecule has 3 aromatic carbocycles. The molecule has 3 heteroatoms. The summed E-state index contributed by atoms with van der Waals surface area (Å²) in [4.78, 5) is 12.0. The van der Waals surface area contributed by atoms with Crippen LogP contribution < -0.4 is 5.32 Å². The number of benzene rings is 3. The molecule has 0 saturated heterocycles. The monoisotopic (exact) mass is 343 g/mol. The zero-order valence-electron chi connectivity index (χ0n) is 14.2. The number of hydrogen-bond acceptors (Lipinski definition) is 1. The summed E-state index contributed by atoms with van der Waals surface area (Å²) in [5.74, 6) is 5.38. The van der Waals surface area contributed by atoms with Gasteiger partial charge in [0.1, 0.15) is 5.82 Å². The first-order valence-electron chi connectivity index (χ1n) is 8.36. The molecule has 0 bridgehead atoms. The van der Waals surface area contributed by atoms with E-state index >= 15 is 0 Å². The Balaban J connectivity index is 1.50. The van der Waals surface area contributed by atoms with Crippen molar-refractivity contribution in [2.24, 2.45) is 0 Å². The summed E-state index contributed by atoms with van der Waals surface area (Å²) in [6.07, 6.45) is 0.313. The van der Waals surface area contributed by atoms with E-state index in [9.17, 15) is 9.18 Å². The minimum atomic E-state index is -0.290. The van der Waals surface area contributed by atoms with Crippen molar-refractivity contribution in [1.82, 2.24) is 5.32 Å². The third-order valence-corrected chi connectivity index (χ3v) is 3.88. The zero-order valence-corrected chi connectivity index (χ0v) is 14.2. The van der Waals surface area contributed by atoms with Crippen LogP contribution in [0.3, 0.4) is 0 Å². The molecule has 3 rings (SSSR count). The van der Waals surface area contributed by atoms with E-state index < -0.39 is 0 Å². The Labute approximate surface area is 152 Å². The maximum absolute atomic E-state index is 12.8. The highest BCUT2D eigenvalue weighted by atomic mass is 19.1. The molecule has 0 unspecified atom stereocenters. The number of nitrogens with one attached hydrogen (secondary N) is 1. The molecule has 1 N–H and O–H groups in total. The van der Waals surface area contributed by atoms with Crippen molar-refractivity contribution in [3.63, 3.8) is 0 Å². The first-order valence-corrected chi connectivity index (χ1v) is 8.36. The molecule has 26 heavy (non-hydrogen) atoms. The van der Waals surface area contributed by atoms with Crippen molar-refractivity contribution in [3.8, 4) is 23.0 Å². The van der Waals surface area contributed by atoms with Crippen molar-refractivity contribution in [2.75, 3.05) is 6.54 Å². The van der Waals surface area contributed by atoms with Gasteiger partial charge >= 0.3 is 0 Å². The van der Waals surface area contributed by atoms with Gasteiger partial charge in [-0.3, -0.25) is 4.79 Å². The van der Waals surface area contributed by atoms with Crippen LogP contribution >= 0.6 is 0 Å². The Hall–Kier alpha value is -3.38. The Morgan fingerprint density at radius 2 is 1.50 bits per heavy atom. The van der Waals surface area contributed by atoms with Crippen LogP contribution in [-0.2, 0) is 11.2 Å². The Morgan fingerprint density at radius 1 is 0.846 bits per heavy atom. The lowest BCUT2D eigenvalue weighted by Crippen LogP contribution is -2.25. The lowest BCUT2D eigenvalue weighted by atomic mass is 10.0. The van der Waals surface area contributed by atoms with E-state index in [0.29, 0.717) is 6.42 Å². The maximum Gasteiger partial charge on any atom is 0.225 e. The summed E-state index contributed by atoms with van der Waals surface area (Å²) < 4.78 is 12.8. The van der Waals surface area contributed by atoms with Gasteiger partial charge in [0.15, 0.2) is 0 Å². The van der Waals surface area contributed by atoms with Crippen LogP contribution in [0.25, 0.3) is 11.1 Å². The molecule has 1 amide bonds. The third-order valence-electron chi connectivity index (χ3n) is 3.88. The average molecular weight is 343 g/mol. The molecule has 0 heterocycles. The number of carbonyl (C=O) groups excluding carboxylic acids is 1. The van der Waals surface area contributed by atoms with Crippen molar-refractivity contribution >= 4 is 5.91 Å². The number of amides is 1. The van der Waals surface area contributed by atoms with E-state index in [1.54, 1.807) is 12.1 Å². The van der Waals surface area contributed by atoms with Gasteiger partial charge in [0, 0.05) is 5.56 Å². The quantitative estimate of drug-likeness (QED) is 0.707. The highest BCUT2D eigenvalue weighted by Crippen LogP contribution is 2.19. The molecule has 0 spiro atoms. The average Bonchev–Trinajstić information content (AvgIpc) is 2.68. The van der Waals surface area contributed by atoms with Crippen LogP contribution in [0.2, 0.25) is 0 Å². The van der Waals surface area contributed by atoms with Gasteiger partial charge < -0.3 is 5.32 Å². The van der Waals surface area contributed by atoms with E-state index in [-0.39, 0.29) is 18.3 Å². The molecule has 0 saturated carbocycles. The van der Waals surface area contributed by atoms with Gasteiger partial charge in [-0.05, 0) is 41.0 Å². The lowest BCUT2D eigenvalue weighted by molar-refractivity contribution is -0.120. The summed E-state index contributed by atoms with van der Waals surface area (Å²) >= 11 is 0. The normalized spacial score (nSPS) is 9.88. The van der Waals surface area contributed by atoms with E-state index in [4.69, 9.17) is 0 Å². The summed E-state index contributed by atoms with van der Waals surface area (Å²) in [5.41, 5.74) is 3.95. The molecule has 0 atom stereocenters. The first-order chi connectivity index (χ1) is 12.7. The lowest BCUT2D eigenvalue weighted by Gasteiger charge is -2.05. The van der Waals surface area contributed by atoms with Gasteiger partial charge in [-0.15, -0.1) is 0 Å². The molecule has 0 fully saturated rings. The van der Waals surface area contributed by atoms with E-state index in [0.717, 1.165) is 22.3 Å². The smallest absolute Gasteiger partial charge is 0.225 e. The van der Waals surface area contributed by atoms with E-state index in [1.807, 2.05) is 42.5 Å². The Bertz CT molecular complexity index is 920. The first kappa shape index (κ1) is 17.4. The fourth-order valence-corrected chi connectivity index (χ4v) is 2.52. The van der Waals surface area contributed by atoms with Gasteiger partial charge in [0.2, 0.25) is 5.91 Å². The molecule has 3 aromatic rings. The molecule has 128 valence electrons. The van der Waals surface area contributed by atoms with Crippen LogP contribution in [0, 0.1) is 17.7 Å². The number of rotatable bonds is 4.